The lowest BCUT2D eigenvalue weighted by Gasteiger charge is -2.40. The van der Waals surface area contributed by atoms with E-state index in [1.54, 1.807) is 0 Å². The van der Waals surface area contributed by atoms with E-state index >= 15 is 0 Å². The van der Waals surface area contributed by atoms with Crippen molar-refractivity contribution in [3.8, 4) is 0 Å². The highest BCUT2D eigenvalue weighted by atomic mass is 19.4. The normalized spacial score (nSPS) is 16.7. The minimum Gasteiger partial charge on any atom is -0.379 e. The molecular weight excluding hydrogens is 339 g/mol. The van der Waals surface area contributed by atoms with Crippen molar-refractivity contribution in [2.45, 2.75) is 32.1 Å². The van der Waals surface area contributed by atoms with Crippen LogP contribution in [-0.2, 0) is 22.3 Å². The first-order valence-electron chi connectivity index (χ1n) is 7.97. The number of ether oxygens (including phenoxy) is 1. The van der Waals surface area contributed by atoms with Gasteiger partial charge in [-0.3, -0.25) is 14.5 Å². The van der Waals surface area contributed by atoms with Crippen molar-refractivity contribution in [1.82, 2.24) is 14.8 Å². The third-order valence-corrected chi connectivity index (χ3v) is 4.22. The van der Waals surface area contributed by atoms with Gasteiger partial charge in [0.2, 0.25) is 5.91 Å². The molecule has 1 fully saturated rings. The predicted octanol–water partition coefficient (Wildman–Crippen LogP) is 1.09. The second kappa shape index (κ2) is 7.57. The van der Waals surface area contributed by atoms with Gasteiger partial charge >= 0.3 is 6.18 Å². The summed E-state index contributed by atoms with van der Waals surface area (Å²) in [6.07, 6.45) is -3.57. The van der Waals surface area contributed by atoms with Crippen molar-refractivity contribution in [3.05, 3.63) is 34.2 Å². The van der Waals surface area contributed by atoms with E-state index in [1.807, 2.05) is 13.8 Å². The first-order valence-corrected chi connectivity index (χ1v) is 7.97. The van der Waals surface area contributed by atoms with Gasteiger partial charge in [-0.25, -0.2) is 0 Å². The van der Waals surface area contributed by atoms with Crippen LogP contribution in [0.1, 0.15) is 19.4 Å². The van der Waals surface area contributed by atoms with Gasteiger partial charge in [-0.2, -0.15) is 13.2 Å². The highest BCUT2D eigenvalue weighted by molar-refractivity contribution is 5.75. The maximum atomic E-state index is 12.7. The standard InChI is InChI=1S/C16H22F3N3O3/c1-15(2,22-6-8-25-9-7-22)11-20-13(23)10-21-5-3-4-12(14(21)24)16(17,18)19/h3-5H,6-11H2,1-2H3,(H,20,23). The number of halogens is 3. The minimum atomic E-state index is -4.74. The van der Waals surface area contributed by atoms with Gasteiger partial charge in [-0.05, 0) is 26.0 Å². The number of amides is 1. The van der Waals surface area contributed by atoms with Crippen molar-refractivity contribution in [2.75, 3.05) is 32.8 Å². The Hall–Kier alpha value is -1.87. The minimum absolute atomic E-state index is 0.319. The van der Waals surface area contributed by atoms with E-state index in [-0.39, 0.29) is 5.54 Å². The molecule has 0 unspecified atom stereocenters. The fourth-order valence-electron chi connectivity index (χ4n) is 2.68. The first kappa shape index (κ1) is 19.5. The maximum Gasteiger partial charge on any atom is 0.421 e. The molecule has 2 rings (SSSR count). The third-order valence-electron chi connectivity index (χ3n) is 4.22. The molecule has 0 saturated carbocycles. The van der Waals surface area contributed by atoms with E-state index in [0.717, 1.165) is 23.7 Å². The molecule has 1 amide bonds. The molecule has 6 nitrogen and oxygen atoms in total. The Kier molecular flexibility index (Phi) is 5.89. The van der Waals surface area contributed by atoms with Gasteiger partial charge < -0.3 is 14.6 Å². The van der Waals surface area contributed by atoms with Crippen LogP contribution in [-0.4, -0.2) is 53.8 Å². The maximum absolute atomic E-state index is 12.7. The zero-order valence-corrected chi connectivity index (χ0v) is 14.2. The van der Waals surface area contributed by atoms with Gasteiger partial charge in [-0.15, -0.1) is 0 Å². The molecule has 0 atom stereocenters. The summed E-state index contributed by atoms with van der Waals surface area (Å²) in [5.41, 5.74) is -2.83. The first-order chi connectivity index (χ1) is 11.6. The van der Waals surface area contributed by atoms with Crippen molar-refractivity contribution in [3.63, 3.8) is 0 Å². The third kappa shape index (κ3) is 5.05. The summed E-state index contributed by atoms with van der Waals surface area (Å²) in [7, 11) is 0. The molecule has 9 heteroatoms. The SMILES string of the molecule is CC(C)(CNC(=O)Cn1cccc(C(F)(F)F)c1=O)N1CCOCC1. The second-order valence-corrected chi connectivity index (χ2v) is 6.54. The molecule has 0 radical (unpaired) electrons. The Balaban J connectivity index is 1.98. The summed E-state index contributed by atoms with van der Waals surface area (Å²) >= 11 is 0. The monoisotopic (exact) mass is 361 g/mol. The van der Waals surface area contributed by atoms with Gasteiger partial charge in [-0.1, -0.05) is 0 Å². The van der Waals surface area contributed by atoms with Gasteiger partial charge in [0.05, 0.1) is 13.2 Å². The number of carbonyl (C=O) groups is 1. The fourth-order valence-corrected chi connectivity index (χ4v) is 2.68. The predicted molar refractivity (Wildman–Crippen MR) is 85.2 cm³/mol. The quantitative estimate of drug-likeness (QED) is 0.853. The molecule has 0 spiro atoms. The van der Waals surface area contributed by atoms with E-state index in [4.69, 9.17) is 4.74 Å². The summed E-state index contributed by atoms with van der Waals surface area (Å²) in [4.78, 5) is 26.1. The lowest BCUT2D eigenvalue weighted by atomic mass is 10.0. The van der Waals surface area contributed by atoms with Crippen LogP contribution in [0.2, 0.25) is 0 Å². The Labute approximate surface area is 143 Å². The average Bonchev–Trinajstić information content (AvgIpc) is 2.55. The van der Waals surface area contributed by atoms with Gasteiger partial charge in [0.25, 0.3) is 5.56 Å². The van der Waals surface area contributed by atoms with Crippen LogP contribution in [0.4, 0.5) is 13.2 Å². The van der Waals surface area contributed by atoms with E-state index in [0.29, 0.717) is 25.8 Å². The number of carbonyl (C=O) groups excluding carboxylic acids is 1. The van der Waals surface area contributed by atoms with Crippen molar-refractivity contribution >= 4 is 5.91 Å². The molecule has 140 valence electrons. The van der Waals surface area contributed by atoms with Crippen molar-refractivity contribution in [1.29, 1.82) is 0 Å². The zero-order valence-electron chi connectivity index (χ0n) is 14.2. The molecule has 1 N–H and O–H groups in total. The summed E-state index contributed by atoms with van der Waals surface area (Å²) in [6, 6.07) is 1.81. The van der Waals surface area contributed by atoms with Crippen LogP contribution in [0.5, 0.6) is 0 Å². The molecule has 1 aromatic rings. The van der Waals surface area contributed by atoms with Gasteiger partial charge in [0.15, 0.2) is 0 Å². The molecule has 0 aliphatic carbocycles. The molecule has 1 saturated heterocycles. The fraction of sp³-hybridized carbons (Fsp3) is 0.625. The number of aromatic nitrogens is 1. The van der Waals surface area contributed by atoms with Crippen molar-refractivity contribution < 1.29 is 22.7 Å². The Morgan fingerprint density at radius 2 is 1.92 bits per heavy atom. The summed E-state index contributed by atoms with van der Waals surface area (Å²) in [5.74, 6) is -0.511. The van der Waals surface area contributed by atoms with E-state index < -0.39 is 29.8 Å². The molecule has 25 heavy (non-hydrogen) atoms. The van der Waals surface area contributed by atoms with Crippen LogP contribution in [0.15, 0.2) is 23.1 Å². The average molecular weight is 361 g/mol. The van der Waals surface area contributed by atoms with Crippen LogP contribution >= 0.6 is 0 Å². The highest BCUT2D eigenvalue weighted by Crippen LogP contribution is 2.25. The Morgan fingerprint density at radius 3 is 2.52 bits per heavy atom. The zero-order chi connectivity index (χ0) is 18.7. The summed E-state index contributed by atoms with van der Waals surface area (Å²) in [5, 5.41) is 2.69. The molecule has 1 aliphatic rings. The van der Waals surface area contributed by atoms with Crippen LogP contribution in [0, 0.1) is 0 Å². The molecule has 1 aromatic heterocycles. The molecule has 0 bridgehead atoms. The number of hydrogen-bond donors (Lipinski definition) is 1. The molecule has 1 aliphatic heterocycles. The lowest BCUT2D eigenvalue weighted by molar-refractivity contribution is -0.139. The Bertz CT molecular complexity index is 665. The van der Waals surface area contributed by atoms with Crippen LogP contribution in [0.3, 0.4) is 0 Å². The number of morpholine rings is 1. The Morgan fingerprint density at radius 1 is 1.28 bits per heavy atom. The van der Waals surface area contributed by atoms with E-state index in [9.17, 15) is 22.8 Å². The largest absolute Gasteiger partial charge is 0.421 e. The van der Waals surface area contributed by atoms with Gasteiger partial charge in [0.1, 0.15) is 12.1 Å². The van der Waals surface area contributed by atoms with Crippen LogP contribution < -0.4 is 10.9 Å². The van der Waals surface area contributed by atoms with E-state index in [2.05, 4.69) is 10.2 Å². The van der Waals surface area contributed by atoms with Crippen LogP contribution in [0.25, 0.3) is 0 Å². The second-order valence-electron chi connectivity index (χ2n) is 6.54. The summed E-state index contributed by atoms with van der Waals surface area (Å²) in [6.45, 7) is 6.53. The molecule has 0 aromatic carbocycles. The van der Waals surface area contributed by atoms with Gasteiger partial charge in [0, 0.05) is 31.4 Å². The van der Waals surface area contributed by atoms with E-state index in [1.165, 1.54) is 6.20 Å². The lowest BCUT2D eigenvalue weighted by Crippen LogP contribution is -2.55. The topological polar surface area (TPSA) is 63.6 Å². The summed E-state index contributed by atoms with van der Waals surface area (Å²) < 4.78 is 44.3. The highest BCUT2D eigenvalue weighted by Gasteiger charge is 2.34. The number of nitrogens with one attached hydrogen (secondary N) is 1. The number of nitrogens with zero attached hydrogens (tertiary/aromatic N) is 2. The molecular formula is C16H22F3N3O3. The number of rotatable bonds is 5. The number of alkyl halides is 3. The smallest absolute Gasteiger partial charge is 0.379 e. The number of hydrogen-bond acceptors (Lipinski definition) is 4. The number of pyridine rings is 1. The molecule has 2 heterocycles. The van der Waals surface area contributed by atoms with Crippen molar-refractivity contribution in [2.24, 2.45) is 0 Å².